The molecule has 160 valence electrons. The Morgan fingerprint density at radius 1 is 1.03 bits per heavy atom. The van der Waals surface area contributed by atoms with E-state index in [2.05, 4.69) is 87.4 Å². The number of nitriles is 1. The number of hydrogen-bond donors (Lipinski definition) is 0. The van der Waals surface area contributed by atoms with Crippen molar-refractivity contribution in [2.75, 3.05) is 18.0 Å². The molecule has 2 unspecified atom stereocenters. The van der Waals surface area contributed by atoms with Crippen LogP contribution in [0.4, 0.5) is 5.69 Å². The smallest absolute Gasteiger partial charge is 0.0991 e. The summed E-state index contributed by atoms with van der Waals surface area (Å²) in [6.45, 7) is 13.8. The van der Waals surface area contributed by atoms with Gasteiger partial charge in [0.05, 0.1) is 11.6 Å². The first-order valence-electron chi connectivity index (χ1n) is 11.3. The molecule has 2 atom stereocenters. The number of thiophene rings is 1. The van der Waals surface area contributed by atoms with Gasteiger partial charge in [0.15, 0.2) is 0 Å². The van der Waals surface area contributed by atoms with Crippen LogP contribution in [0.3, 0.4) is 0 Å². The molecule has 3 aromatic rings. The number of hydrogen-bond acceptors (Lipinski definition) is 3. The maximum atomic E-state index is 9.27. The third-order valence-electron chi connectivity index (χ3n) is 7.16. The van der Waals surface area contributed by atoms with E-state index < -0.39 is 0 Å². The van der Waals surface area contributed by atoms with Crippen molar-refractivity contribution in [1.29, 1.82) is 5.26 Å². The van der Waals surface area contributed by atoms with Crippen LogP contribution in [0, 0.1) is 23.2 Å². The Bertz CT molecular complexity index is 1090. The van der Waals surface area contributed by atoms with Gasteiger partial charge in [-0.15, -0.1) is 11.3 Å². The first kappa shape index (κ1) is 21.7. The molecule has 0 bridgehead atoms. The summed E-state index contributed by atoms with van der Waals surface area (Å²) >= 11 is 1.88. The van der Waals surface area contributed by atoms with Crippen molar-refractivity contribution < 1.29 is 0 Å². The Labute approximate surface area is 191 Å². The van der Waals surface area contributed by atoms with Gasteiger partial charge < -0.3 is 4.90 Å². The summed E-state index contributed by atoms with van der Waals surface area (Å²) in [7, 11) is 0. The topological polar surface area (TPSA) is 27.0 Å². The number of benzene rings is 2. The van der Waals surface area contributed by atoms with Gasteiger partial charge in [-0.1, -0.05) is 58.9 Å². The van der Waals surface area contributed by atoms with Crippen molar-refractivity contribution in [3.8, 4) is 17.2 Å². The molecule has 2 aromatic carbocycles. The standard InChI is InChI=1S/C28H32N2S/c1-19(2)23-9-11-26(12-10-23)30-16-21(5)28(18-30,20(3)4)27-14-25(17-31-27)24-8-6-7-22(13-24)15-29/h6-14,17,19-21H,16,18H2,1-5H3. The SMILES string of the molecule is CC(C)c1ccc(N2CC(C)C(c3cc(-c4cccc(C#N)c4)cs3)(C(C)C)C2)cc1. The third-order valence-corrected chi connectivity index (χ3v) is 8.29. The molecule has 0 radical (unpaired) electrons. The quantitative estimate of drug-likeness (QED) is 0.422. The Kier molecular flexibility index (Phi) is 5.95. The number of nitrogens with zero attached hydrogens (tertiary/aromatic N) is 2. The molecule has 0 aliphatic carbocycles. The summed E-state index contributed by atoms with van der Waals surface area (Å²) in [6, 6.07) is 21.7. The third kappa shape index (κ3) is 3.90. The number of anilines is 1. The summed E-state index contributed by atoms with van der Waals surface area (Å²) in [4.78, 5) is 4.04. The molecule has 1 aliphatic heterocycles. The Morgan fingerprint density at radius 3 is 2.42 bits per heavy atom. The van der Waals surface area contributed by atoms with Crippen molar-refractivity contribution in [3.05, 3.63) is 76.0 Å². The van der Waals surface area contributed by atoms with Gasteiger partial charge in [-0.3, -0.25) is 0 Å². The lowest BCUT2D eigenvalue weighted by molar-refractivity contribution is 0.272. The number of rotatable bonds is 5. The van der Waals surface area contributed by atoms with Crippen molar-refractivity contribution in [3.63, 3.8) is 0 Å². The highest BCUT2D eigenvalue weighted by Crippen LogP contribution is 2.49. The molecule has 2 nitrogen and oxygen atoms in total. The van der Waals surface area contributed by atoms with Crippen molar-refractivity contribution in [1.82, 2.24) is 0 Å². The summed E-state index contributed by atoms with van der Waals surface area (Å²) < 4.78 is 0. The summed E-state index contributed by atoms with van der Waals surface area (Å²) in [5.74, 6) is 1.67. The van der Waals surface area contributed by atoms with Crippen molar-refractivity contribution in [2.45, 2.75) is 46.0 Å². The van der Waals surface area contributed by atoms with Crippen LogP contribution in [0.5, 0.6) is 0 Å². The summed E-state index contributed by atoms with van der Waals surface area (Å²) in [6.07, 6.45) is 0. The molecule has 3 heteroatoms. The maximum absolute atomic E-state index is 9.27. The average Bonchev–Trinajstić information content (AvgIpc) is 3.39. The maximum Gasteiger partial charge on any atom is 0.0991 e. The molecule has 2 heterocycles. The lowest BCUT2D eigenvalue weighted by Gasteiger charge is -2.36. The largest absolute Gasteiger partial charge is 0.370 e. The van der Waals surface area contributed by atoms with Gasteiger partial charge in [-0.2, -0.15) is 5.26 Å². The fourth-order valence-corrected chi connectivity index (χ4v) is 6.53. The molecular weight excluding hydrogens is 396 g/mol. The molecule has 1 aliphatic rings. The fourth-order valence-electron chi connectivity index (χ4n) is 5.15. The second-order valence-corrected chi connectivity index (χ2v) is 10.5. The minimum atomic E-state index is 0.131. The average molecular weight is 429 g/mol. The fraction of sp³-hybridized carbons (Fsp3) is 0.393. The van der Waals surface area contributed by atoms with E-state index in [9.17, 15) is 5.26 Å². The minimum Gasteiger partial charge on any atom is -0.370 e. The van der Waals surface area contributed by atoms with Crippen LogP contribution in [0.1, 0.15) is 56.5 Å². The van der Waals surface area contributed by atoms with Gasteiger partial charge in [0.2, 0.25) is 0 Å². The highest BCUT2D eigenvalue weighted by atomic mass is 32.1. The van der Waals surface area contributed by atoms with Crippen LogP contribution in [0.2, 0.25) is 0 Å². The van der Waals surface area contributed by atoms with E-state index in [1.54, 1.807) is 0 Å². The second-order valence-electron chi connectivity index (χ2n) is 9.62. The van der Waals surface area contributed by atoms with Crippen LogP contribution >= 0.6 is 11.3 Å². The van der Waals surface area contributed by atoms with Gasteiger partial charge in [0, 0.05) is 29.1 Å². The molecule has 1 saturated heterocycles. The molecule has 1 aromatic heterocycles. The molecule has 0 amide bonds. The molecule has 31 heavy (non-hydrogen) atoms. The zero-order chi connectivity index (χ0) is 22.2. The second kappa shape index (κ2) is 8.52. The highest BCUT2D eigenvalue weighted by Gasteiger charge is 2.48. The molecule has 0 saturated carbocycles. The van der Waals surface area contributed by atoms with Crippen LogP contribution in [-0.4, -0.2) is 13.1 Å². The van der Waals surface area contributed by atoms with Crippen LogP contribution < -0.4 is 4.90 Å². The van der Waals surface area contributed by atoms with Gasteiger partial charge in [0.25, 0.3) is 0 Å². The zero-order valence-electron chi connectivity index (χ0n) is 19.2. The minimum absolute atomic E-state index is 0.131. The first-order chi connectivity index (χ1) is 14.8. The summed E-state index contributed by atoms with van der Waals surface area (Å²) in [5.41, 5.74) is 5.93. The van der Waals surface area contributed by atoms with E-state index in [0.29, 0.717) is 23.3 Å². The highest BCUT2D eigenvalue weighted by molar-refractivity contribution is 7.10. The van der Waals surface area contributed by atoms with E-state index in [1.807, 2.05) is 29.5 Å². The van der Waals surface area contributed by atoms with E-state index in [4.69, 9.17) is 0 Å². The Morgan fingerprint density at radius 2 is 1.77 bits per heavy atom. The molecule has 0 spiro atoms. The van der Waals surface area contributed by atoms with E-state index >= 15 is 0 Å². The van der Waals surface area contributed by atoms with E-state index in [1.165, 1.54) is 21.7 Å². The first-order valence-corrected chi connectivity index (χ1v) is 12.2. The van der Waals surface area contributed by atoms with Crippen molar-refractivity contribution >= 4 is 17.0 Å². The normalized spacial score (nSPS) is 21.1. The predicted octanol–water partition coefficient (Wildman–Crippen LogP) is 7.46. The van der Waals surface area contributed by atoms with Gasteiger partial charge in [-0.25, -0.2) is 0 Å². The lowest BCUT2D eigenvalue weighted by Crippen LogP contribution is -2.39. The van der Waals surface area contributed by atoms with Crippen molar-refractivity contribution in [2.24, 2.45) is 11.8 Å². The monoisotopic (exact) mass is 428 g/mol. The van der Waals surface area contributed by atoms with Crippen LogP contribution in [0.15, 0.2) is 60.0 Å². The Hall–Kier alpha value is -2.57. The zero-order valence-corrected chi connectivity index (χ0v) is 20.0. The summed E-state index contributed by atoms with van der Waals surface area (Å²) in [5, 5.41) is 11.5. The predicted molar refractivity (Wildman–Crippen MR) is 133 cm³/mol. The van der Waals surface area contributed by atoms with E-state index in [0.717, 1.165) is 18.7 Å². The molecule has 1 fully saturated rings. The molecule has 0 N–H and O–H groups in total. The molecule has 4 rings (SSSR count). The van der Waals surface area contributed by atoms with Gasteiger partial charge in [-0.05, 0) is 70.2 Å². The molecular formula is C28H32N2S. The van der Waals surface area contributed by atoms with Gasteiger partial charge in [0.1, 0.15) is 0 Å². The van der Waals surface area contributed by atoms with Gasteiger partial charge >= 0.3 is 0 Å². The Balaban J connectivity index is 1.66. The lowest BCUT2D eigenvalue weighted by atomic mass is 9.69. The van der Waals surface area contributed by atoms with Crippen LogP contribution in [0.25, 0.3) is 11.1 Å². The van der Waals surface area contributed by atoms with Crippen LogP contribution in [-0.2, 0) is 5.41 Å². The van der Waals surface area contributed by atoms with E-state index in [-0.39, 0.29) is 5.41 Å².